The first-order valence-electron chi connectivity index (χ1n) is 9.42. The molecule has 4 amide bonds. The molecule has 2 aromatic rings. The number of nitrogens with zero attached hydrogens (tertiary/aromatic N) is 3. The number of carbonyl (C=O) groups excluding carboxylic acids is 3. The topological polar surface area (TPSA) is 60.9 Å². The van der Waals surface area contributed by atoms with Crippen LogP contribution < -0.4 is 4.90 Å². The van der Waals surface area contributed by atoms with Gasteiger partial charge in [-0.1, -0.05) is 13.8 Å². The Labute approximate surface area is 172 Å². The van der Waals surface area contributed by atoms with Crippen LogP contribution in [0.4, 0.5) is 14.9 Å². The van der Waals surface area contributed by atoms with E-state index in [0.29, 0.717) is 23.7 Å². The molecule has 2 fully saturated rings. The third kappa shape index (κ3) is 3.53. The fraction of sp³-hybridized carbons (Fsp3) is 0.381. The molecular formula is C21H22FN3O3S. The molecule has 0 aliphatic carbocycles. The number of imide groups is 1. The second-order valence-corrected chi connectivity index (χ2v) is 9.62. The third-order valence-electron chi connectivity index (χ3n) is 5.25. The number of thiophene rings is 1. The Morgan fingerprint density at radius 1 is 1.10 bits per heavy atom. The van der Waals surface area contributed by atoms with Crippen molar-refractivity contribution in [2.45, 2.75) is 26.8 Å². The molecule has 2 saturated heterocycles. The summed E-state index contributed by atoms with van der Waals surface area (Å²) in [7, 11) is 0. The van der Waals surface area contributed by atoms with Gasteiger partial charge in [0, 0.05) is 23.4 Å². The van der Waals surface area contributed by atoms with Crippen molar-refractivity contribution < 1.29 is 18.8 Å². The Hall–Kier alpha value is -2.74. The molecule has 1 aromatic carbocycles. The van der Waals surface area contributed by atoms with Gasteiger partial charge in [-0.15, -0.1) is 11.3 Å². The first-order chi connectivity index (χ1) is 13.7. The maximum absolute atomic E-state index is 13.3. The quantitative estimate of drug-likeness (QED) is 0.705. The Morgan fingerprint density at radius 3 is 2.41 bits per heavy atom. The number of halogens is 1. The number of carbonyl (C=O) groups is 3. The van der Waals surface area contributed by atoms with Crippen LogP contribution in [0.15, 0.2) is 36.4 Å². The van der Waals surface area contributed by atoms with E-state index in [4.69, 9.17) is 0 Å². The summed E-state index contributed by atoms with van der Waals surface area (Å²) in [5.74, 6) is -0.954. The molecule has 1 aromatic heterocycles. The molecule has 8 heteroatoms. The first kappa shape index (κ1) is 19.6. The Balaban J connectivity index is 1.66. The first-order valence-corrected chi connectivity index (χ1v) is 10.2. The summed E-state index contributed by atoms with van der Waals surface area (Å²) in [6, 6.07) is 7.79. The second-order valence-electron chi connectivity index (χ2n) is 8.34. The van der Waals surface area contributed by atoms with Crippen molar-refractivity contribution in [1.82, 2.24) is 9.80 Å². The van der Waals surface area contributed by atoms with Crippen molar-refractivity contribution in [3.05, 3.63) is 52.0 Å². The summed E-state index contributed by atoms with van der Waals surface area (Å²) in [6.07, 6.45) is 0. The SMILES string of the molecule is Cc1ccc(C(=O)N2CC3C(=O)N(c4ccc(F)cc4)C(=O)N3CC(C)(C)C2)s1. The van der Waals surface area contributed by atoms with Crippen molar-refractivity contribution >= 4 is 34.9 Å². The lowest BCUT2D eigenvalue weighted by atomic mass is 9.92. The number of aryl methyl sites for hydroxylation is 1. The summed E-state index contributed by atoms with van der Waals surface area (Å²) in [4.78, 5) is 45.3. The number of fused-ring (bicyclic) bond motifs is 1. The standard InChI is InChI=1S/C21H22FN3O3S/c1-13-4-9-17(29-13)19(27)23-10-16-18(26)25(15-7-5-14(22)6-8-15)20(28)24(16)12-21(2,3)11-23/h4-9,16H,10-12H2,1-3H3. The molecule has 29 heavy (non-hydrogen) atoms. The van der Waals surface area contributed by atoms with Gasteiger partial charge in [-0.2, -0.15) is 0 Å². The van der Waals surface area contributed by atoms with Gasteiger partial charge in [0.2, 0.25) is 0 Å². The Bertz CT molecular complexity index is 985. The van der Waals surface area contributed by atoms with Crippen molar-refractivity contribution in [3.63, 3.8) is 0 Å². The number of amides is 4. The predicted octanol–water partition coefficient (Wildman–Crippen LogP) is 3.52. The lowest BCUT2D eigenvalue weighted by Crippen LogP contribution is -2.43. The van der Waals surface area contributed by atoms with Crippen LogP contribution in [-0.4, -0.2) is 53.3 Å². The van der Waals surface area contributed by atoms with E-state index in [9.17, 15) is 18.8 Å². The number of hydrogen-bond acceptors (Lipinski definition) is 4. The van der Waals surface area contributed by atoms with Gasteiger partial charge >= 0.3 is 6.03 Å². The van der Waals surface area contributed by atoms with Gasteiger partial charge < -0.3 is 9.80 Å². The molecular weight excluding hydrogens is 393 g/mol. The third-order valence-corrected chi connectivity index (χ3v) is 6.24. The number of anilines is 1. The molecule has 6 nitrogen and oxygen atoms in total. The summed E-state index contributed by atoms with van der Waals surface area (Å²) >= 11 is 1.42. The highest BCUT2D eigenvalue weighted by Gasteiger charge is 2.50. The molecule has 0 saturated carbocycles. The summed E-state index contributed by atoms with van der Waals surface area (Å²) in [5.41, 5.74) is -0.0510. The van der Waals surface area contributed by atoms with Gasteiger partial charge in [0.1, 0.15) is 11.9 Å². The highest BCUT2D eigenvalue weighted by molar-refractivity contribution is 7.13. The van der Waals surface area contributed by atoms with Crippen molar-refractivity contribution in [3.8, 4) is 0 Å². The Kier molecular flexibility index (Phi) is 4.69. The molecule has 2 aliphatic rings. The number of rotatable bonds is 2. The van der Waals surface area contributed by atoms with E-state index >= 15 is 0 Å². The van der Waals surface area contributed by atoms with Crippen molar-refractivity contribution in [2.24, 2.45) is 5.41 Å². The van der Waals surface area contributed by atoms with Gasteiger partial charge in [-0.05, 0) is 43.3 Å². The predicted molar refractivity (Wildman–Crippen MR) is 109 cm³/mol. The summed E-state index contributed by atoms with van der Waals surface area (Å²) in [5, 5.41) is 0. The minimum atomic E-state index is -0.751. The fourth-order valence-electron chi connectivity index (χ4n) is 3.98. The molecule has 152 valence electrons. The van der Waals surface area contributed by atoms with E-state index in [1.54, 1.807) is 15.9 Å². The molecule has 1 atom stereocenters. The monoisotopic (exact) mass is 415 g/mol. The number of hydrogen-bond donors (Lipinski definition) is 0. The van der Waals surface area contributed by atoms with Crippen molar-refractivity contribution in [2.75, 3.05) is 24.5 Å². The van der Waals surface area contributed by atoms with E-state index in [0.717, 1.165) is 9.78 Å². The van der Waals surface area contributed by atoms with E-state index in [-0.39, 0.29) is 23.8 Å². The molecule has 0 spiro atoms. The Morgan fingerprint density at radius 2 is 1.79 bits per heavy atom. The maximum atomic E-state index is 13.3. The van der Waals surface area contributed by atoms with Crippen LogP contribution in [-0.2, 0) is 4.79 Å². The highest BCUT2D eigenvalue weighted by atomic mass is 32.1. The molecule has 0 bridgehead atoms. The molecule has 2 aliphatic heterocycles. The fourth-order valence-corrected chi connectivity index (χ4v) is 4.82. The van der Waals surface area contributed by atoms with Crippen LogP contribution in [0.25, 0.3) is 0 Å². The van der Waals surface area contributed by atoms with Crippen LogP contribution in [0.1, 0.15) is 28.4 Å². The zero-order valence-corrected chi connectivity index (χ0v) is 17.3. The molecule has 3 heterocycles. The highest BCUT2D eigenvalue weighted by Crippen LogP contribution is 2.33. The smallest absolute Gasteiger partial charge is 0.332 e. The van der Waals surface area contributed by atoms with Crippen LogP contribution in [0.5, 0.6) is 0 Å². The van der Waals surface area contributed by atoms with Gasteiger partial charge in [0.05, 0.1) is 17.1 Å². The normalized spacial score (nSPS) is 21.4. The molecule has 1 unspecified atom stereocenters. The maximum Gasteiger partial charge on any atom is 0.332 e. The lowest BCUT2D eigenvalue weighted by molar-refractivity contribution is -0.119. The van der Waals surface area contributed by atoms with E-state index < -0.39 is 17.9 Å². The molecule has 0 radical (unpaired) electrons. The lowest BCUT2D eigenvalue weighted by Gasteiger charge is -2.30. The van der Waals surface area contributed by atoms with Gasteiger partial charge in [-0.25, -0.2) is 14.1 Å². The van der Waals surface area contributed by atoms with Gasteiger partial charge in [-0.3, -0.25) is 9.59 Å². The van der Waals surface area contributed by atoms with E-state index in [1.807, 2.05) is 26.8 Å². The zero-order chi connectivity index (χ0) is 20.9. The van der Waals surface area contributed by atoms with Gasteiger partial charge in [0.15, 0.2) is 0 Å². The number of urea groups is 1. The number of benzene rings is 1. The average molecular weight is 415 g/mol. The summed E-state index contributed by atoms with van der Waals surface area (Å²) < 4.78 is 13.3. The zero-order valence-electron chi connectivity index (χ0n) is 16.5. The minimum Gasteiger partial charge on any atom is -0.335 e. The molecule has 0 N–H and O–H groups in total. The van der Waals surface area contributed by atoms with Crippen LogP contribution in [0.2, 0.25) is 0 Å². The van der Waals surface area contributed by atoms with E-state index in [2.05, 4.69) is 0 Å². The summed E-state index contributed by atoms with van der Waals surface area (Å²) in [6.45, 7) is 6.85. The van der Waals surface area contributed by atoms with Crippen molar-refractivity contribution in [1.29, 1.82) is 0 Å². The largest absolute Gasteiger partial charge is 0.335 e. The van der Waals surface area contributed by atoms with Crippen LogP contribution in [0, 0.1) is 18.2 Å². The second kappa shape index (κ2) is 6.95. The average Bonchev–Trinajstić information content (AvgIpc) is 3.13. The minimum absolute atomic E-state index is 0.126. The molecule has 4 rings (SSSR count). The van der Waals surface area contributed by atoms with Crippen LogP contribution >= 0.6 is 11.3 Å². The van der Waals surface area contributed by atoms with Crippen LogP contribution in [0.3, 0.4) is 0 Å². The van der Waals surface area contributed by atoms with Gasteiger partial charge in [0.25, 0.3) is 11.8 Å². The van der Waals surface area contributed by atoms with E-state index in [1.165, 1.54) is 35.6 Å².